The molecule has 0 heterocycles. The zero-order chi connectivity index (χ0) is 26.5. The Morgan fingerprint density at radius 1 is 0.472 bits per heavy atom. The first-order chi connectivity index (χ1) is 17.7. The molecule has 36 heavy (non-hydrogen) atoms. The van der Waals surface area contributed by atoms with Crippen molar-refractivity contribution in [1.82, 2.24) is 4.90 Å². The summed E-state index contributed by atoms with van der Waals surface area (Å²) in [5, 5.41) is 9.82. The molecule has 0 bridgehead atoms. The van der Waals surface area contributed by atoms with Gasteiger partial charge in [-0.2, -0.15) is 0 Å². The van der Waals surface area contributed by atoms with Crippen LogP contribution in [0, 0.1) is 0 Å². The molecule has 0 amide bonds. The second-order valence-corrected chi connectivity index (χ2v) is 11.5. The smallest absolute Gasteiger partial charge is 0.320 e. The summed E-state index contributed by atoms with van der Waals surface area (Å²) in [6.07, 6.45) is 34.2. The number of rotatable bonds is 30. The van der Waals surface area contributed by atoms with Crippen LogP contribution in [0.2, 0.25) is 0 Å². The second-order valence-electron chi connectivity index (χ2n) is 11.5. The van der Waals surface area contributed by atoms with E-state index < -0.39 is 5.97 Å². The van der Waals surface area contributed by atoms with E-state index in [9.17, 15) is 9.90 Å². The lowest BCUT2D eigenvalue weighted by Gasteiger charge is -2.29. The summed E-state index contributed by atoms with van der Waals surface area (Å²) in [4.78, 5) is 14.2. The Morgan fingerprint density at radius 2 is 0.750 bits per heavy atom. The number of unbranched alkanes of at least 4 members (excludes halogenated alkanes) is 22. The lowest BCUT2D eigenvalue weighted by Crippen LogP contribution is -2.42. The van der Waals surface area contributed by atoms with Gasteiger partial charge in [0.1, 0.15) is 6.04 Å². The van der Waals surface area contributed by atoms with Crippen LogP contribution < -0.4 is 0 Å². The van der Waals surface area contributed by atoms with Gasteiger partial charge in [0.25, 0.3) is 0 Å². The summed E-state index contributed by atoms with van der Waals surface area (Å²) >= 11 is 0. The molecular formula is C33H67NO2. The van der Waals surface area contributed by atoms with Crippen LogP contribution in [0.25, 0.3) is 0 Å². The van der Waals surface area contributed by atoms with Crippen molar-refractivity contribution in [2.24, 2.45) is 0 Å². The normalized spacial score (nSPS) is 12.4. The third kappa shape index (κ3) is 23.8. The van der Waals surface area contributed by atoms with E-state index in [1.807, 2.05) is 0 Å². The van der Waals surface area contributed by atoms with Crippen molar-refractivity contribution in [1.29, 1.82) is 0 Å². The maximum absolute atomic E-state index is 11.9. The Labute approximate surface area is 227 Å². The molecule has 0 spiro atoms. The van der Waals surface area contributed by atoms with E-state index in [2.05, 4.69) is 25.7 Å². The minimum absolute atomic E-state index is 0.282. The van der Waals surface area contributed by atoms with Gasteiger partial charge in [0.15, 0.2) is 0 Å². The molecular weight excluding hydrogens is 442 g/mol. The highest BCUT2D eigenvalue weighted by molar-refractivity contribution is 5.73. The molecule has 0 aromatic rings. The first-order valence-corrected chi connectivity index (χ1v) is 16.6. The van der Waals surface area contributed by atoms with Crippen molar-refractivity contribution in [3.8, 4) is 0 Å². The number of aliphatic carboxylic acids is 1. The summed E-state index contributed by atoms with van der Waals surface area (Å²) in [6, 6.07) is -0.282. The van der Waals surface area contributed by atoms with Gasteiger partial charge in [-0.3, -0.25) is 9.69 Å². The van der Waals surface area contributed by atoms with Gasteiger partial charge in [-0.15, -0.1) is 0 Å². The van der Waals surface area contributed by atoms with Crippen molar-refractivity contribution in [3.63, 3.8) is 0 Å². The molecule has 0 saturated carbocycles. The fraction of sp³-hybridized carbons (Fsp3) is 0.970. The van der Waals surface area contributed by atoms with Crippen molar-refractivity contribution < 1.29 is 9.90 Å². The van der Waals surface area contributed by atoms with Gasteiger partial charge in [-0.1, -0.05) is 168 Å². The molecule has 0 fully saturated rings. The average Bonchev–Trinajstić information content (AvgIpc) is 2.87. The highest BCUT2D eigenvalue weighted by atomic mass is 16.4. The molecule has 1 unspecified atom stereocenters. The molecule has 0 saturated heterocycles. The van der Waals surface area contributed by atoms with E-state index >= 15 is 0 Å². The molecule has 0 aliphatic rings. The maximum atomic E-state index is 11.9. The SMILES string of the molecule is CCCCCCCCCCCCCCN(CCCCCCCCCCCCCC)C(CCC)C(=O)O. The Kier molecular flexibility index (Phi) is 28.5. The van der Waals surface area contributed by atoms with Crippen molar-refractivity contribution in [2.45, 2.75) is 194 Å². The zero-order valence-electron chi connectivity index (χ0n) is 25.2. The molecule has 216 valence electrons. The minimum Gasteiger partial charge on any atom is -0.480 e. The third-order valence-electron chi connectivity index (χ3n) is 7.89. The van der Waals surface area contributed by atoms with Crippen LogP contribution in [-0.2, 0) is 4.79 Å². The quantitative estimate of drug-likeness (QED) is 0.0978. The van der Waals surface area contributed by atoms with Crippen LogP contribution in [0.1, 0.15) is 188 Å². The summed E-state index contributed by atoms with van der Waals surface area (Å²) in [5.74, 6) is -0.616. The number of carboxylic acid groups (broad SMARTS) is 1. The monoisotopic (exact) mass is 510 g/mol. The van der Waals surface area contributed by atoms with Gasteiger partial charge in [-0.05, 0) is 32.4 Å². The fourth-order valence-electron chi connectivity index (χ4n) is 5.47. The molecule has 0 rings (SSSR count). The molecule has 3 heteroatoms. The maximum Gasteiger partial charge on any atom is 0.320 e. The predicted octanol–water partition coefficient (Wildman–Crippen LogP) is 10.9. The van der Waals surface area contributed by atoms with E-state index in [0.717, 1.165) is 38.8 Å². The van der Waals surface area contributed by atoms with E-state index in [4.69, 9.17) is 0 Å². The summed E-state index contributed by atoms with van der Waals surface area (Å²) < 4.78 is 0. The Balaban J connectivity index is 3.92. The van der Waals surface area contributed by atoms with Crippen molar-refractivity contribution in [3.05, 3.63) is 0 Å². The Hall–Kier alpha value is -0.570. The lowest BCUT2D eigenvalue weighted by atomic mass is 10.0. The van der Waals surface area contributed by atoms with E-state index in [-0.39, 0.29) is 6.04 Å². The molecule has 0 radical (unpaired) electrons. The van der Waals surface area contributed by atoms with Crippen molar-refractivity contribution >= 4 is 5.97 Å². The summed E-state index contributed by atoms with van der Waals surface area (Å²) in [5.41, 5.74) is 0. The Bertz CT molecular complexity index is 411. The van der Waals surface area contributed by atoms with Crippen LogP contribution in [0.4, 0.5) is 0 Å². The first kappa shape index (κ1) is 35.4. The number of hydrogen-bond donors (Lipinski definition) is 1. The van der Waals surface area contributed by atoms with E-state index in [1.54, 1.807) is 0 Å². The molecule has 0 aliphatic heterocycles. The third-order valence-corrected chi connectivity index (χ3v) is 7.89. The van der Waals surface area contributed by atoms with Gasteiger partial charge in [-0.25, -0.2) is 0 Å². The average molecular weight is 510 g/mol. The van der Waals surface area contributed by atoms with E-state index in [1.165, 1.54) is 141 Å². The minimum atomic E-state index is -0.616. The van der Waals surface area contributed by atoms with E-state index in [0.29, 0.717) is 0 Å². The van der Waals surface area contributed by atoms with Crippen LogP contribution in [0.5, 0.6) is 0 Å². The van der Waals surface area contributed by atoms with Crippen LogP contribution >= 0.6 is 0 Å². The van der Waals surface area contributed by atoms with Gasteiger partial charge >= 0.3 is 5.97 Å². The fourth-order valence-corrected chi connectivity index (χ4v) is 5.47. The highest BCUT2D eigenvalue weighted by Crippen LogP contribution is 2.16. The molecule has 1 N–H and O–H groups in total. The summed E-state index contributed by atoms with van der Waals surface area (Å²) in [6.45, 7) is 8.61. The largest absolute Gasteiger partial charge is 0.480 e. The molecule has 3 nitrogen and oxygen atoms in total. The Morgan fingerprint density at radius 3 is 1.00 bits per heavy atom. The molecule has 1 atom stereocenters. The highest BCUT2D eigenvalue weighted by Gasteiger charge is 2.23. The number of hydrogen-bond acceptors (Lipinski definition) is 2. The van der Waals surface area contributed by atoms with Crippen LogP contribution in [0.15, 0.2) is 0 Å². The van der Waals surface area contributed by atoms with Crippen LogP contribution in [0.3, 0.4) is 0 Å². The summed E-state index contributed by atoms with van der Waals surface area (Å²) in [7, 11) is 0. The predicted molar refractivity (Wildman–Crippen MR) is 160 cm³/mol. The van der Waals surface area contributed by atoms with Gasteiger partial charge in [0.05, 0.1) is 0 Å². The molecule has 0 aliphatic carbocycles. The van der Waals surface area contributed by atoms with Crippen LogP contribution in [-0.4, -0.2) is 35.1 Å². The zero-order valence-corrected chi connectivity index (χ0v) is 25.2. The number of nitrogens with zero attached hydrogens (tertiary/aromatic N) is 1. The van der Waals surface area contributed by atoms with Gasteiger partial charge in [0, 0.05) is 0 Å². The number of carbonyl (C=O) groups is 1. The van der Waals surface area contributed by atoms with Crippen molar-refractivity contribution in [2.75, 3.05) is 13.1 Å². The topological polar surface area (TPSA) is 40.5 Å². The second kappa shape index (κ2) is 29.0. The van der Waals surface area contributed by atoms with Gasteiger partial charge < -0.3 is 5.11 Å². The lowest BCUT2D eigenvalue weighted by molar-refractivity contribution is -0.143. The standard InChI is InChI=1S/C33H67NO2/c1-4-7-9-11-13-15-17-19-21-23-25-27-30-34(32(29-6-3)33(35)36)31-28-26-24-22-20-18-16-14-12-10-8-5-2/h32H,4-31H2,1-3H3,(H,35,36). The molecule has 0 aromatic heterocycles. The van der Waals surface area contributed by atoms with Gasteiger partial charge in [0.2, 0.25) is 0 Å². The number of carboxylic acids is 1. The first-order valence-electron chi connectivity index (χ1n) is 16.6. The molecule has 0 aromatic carbocycles.